The van der Waals surface area contributed by atoms with Crippen molar-refractivity contribution in [2.24, 2.45) is 7.05 Å². The minimum atomic E-state index is -0.0960. The first-order valence-corrected chi connectivity index (χ1v) is 8.83. The van der Waals surface area contributed by atoms with Crippen LogP contribution in [-0.2, 0) is 11.8 Å². The molecule has 1 saturated carbocycles. The summed E-state index contributed by atoms with van der Waals surface area (Å²) in [7, 11) is 1.87. The maximum absolute atomic E-state index is 12.2. The van der Waals surface area contributed by atoms with Crippen molar-refractivity contribution in [1.29, 1.82) is 0 Å². The van der Waals surface area contributed by atoms with E-state index in [0.717, 1.165) is 41.4 Å². The van der Waals surface area contributed by atoms with Gasteiger partial charge in [-0.05, 0) is 51.7 Å². The number of hydrogen-bond donors (Lipinski definition) is 2. The van der Waals surface area contributed by atoms with Crippen LogP contribution in [0.1, 0.15) is 37.1 Å². The molecular formula is C19H26N4O2. The van der Waals surface area contributed by atoms with E-state index < -0.39 is 0 Å². The first-order valence-electron chi connectivity index (χ1n) is 8.83. The highest BCUT2D eigenvalue weighted by atomic mass is 16.5. The van der Waals surface area contributed by atoms with E-state index in [-0.39, 0.29) is 12.5 Å². The first kappa shape index (κ1) is 17.3. The number of anilines is 2. The Morgan fingerprint density at radius 3 is 2.76 bits per heavy atom. The highest BCUT2D eigenvalue weighted by Gasteiger charge is 2.16. The highest BCUT2D eigenvalue weighted by molar-refractivity contribution is 5.94. The molecule has 2 N–H and O–H groups in total. The Morgan fingerprint density at radius 1 is 1.32 bits per heavy atom. The lowest BCUT2D eigenvalue weighted by Crippen LogP contribution is -2.22. The standard InChI is InChI=1S/C19H26N4O2/c1-13-19(14(2)23(3)22-13)21-18(24)12-20-15-7-6-10-17(11-15)25-16-8-4-5-9-16/h6-7,10-11,16,20H,4-5,8-9,12H2,1-3H3,(H,21,24). The summed E-state index contributed by atoms with van der Waals surface area (Å²) in [6.45, 7) is 4.02. The normalized spacial score (nSPS) is 14.5. The number of amides is 1. The summed E-state index contributed by atoms with van der Waals surface area (Å²) >= 11 is 0. The summed E-state index contributed by atoms with van der Waals surface area (Å²) in [6, 6.07) is 7.80. The third kappa shape index (κ3) is 4.32. The Kier molecular flexibility index (Phi) is 5.26. The van der Waals surface area contributed by atoms with Gasteiger partial charge in [0.2, 0.25) is 5.91 Å². The van der Waals surface area contributed by atoms with Gasteiger partial charge in [0.25, 0.3) is 0 Å². The van der Waals surface area contributed by atoms with Crippen LogP contribution < -0.4 is 15.4 Å². The summed E-state index contributed by atoms with van der Waals surface area (Å²) in [5.74, 6) is 0.762. The molecule has 0 saturated heterocycles. The molecule has 1 aromatic carbocycles. The fourth-order valence-corrected chi connectivity index (χ4v) is 3.20. The van der Waals surface area contributed by atoms with Crippen molar-refractivity contribution >= 4 is 17.3 Å². The van der Waals surface area contributed by atoms with Gasteiger partial charge in [0.15, 0.2) is 0 Å². The topological polar surface area (TPSA) is 68.2 Å². The number of ether oxygens (including phenoxy) is 1. The number of hydrogen-bond acceptors (Lipinski definition) is 4. The van der Waals surface area contributed by atoms with E-state index in [1.54, 1.807) is 4.68 Å². The third-order valence-electron chi connectivity index (χ3n) is 4.67. The van der Waals surface area contributed by atoms with E-state index in [1.165, 1.54) is 12.8 Å². The van der Waals surface area contributed by atoms with Crippen molar-refractivity contribution in [2.75, 3.05) is 17.2 Å². The molecule has 1 heterocycles. The van der Waals surface area contributed by atoms with Crippen LogP contribution in [0.25, 0.3) is 0 Å². The minimum Gasteiger partial charge on any atom is -0.490 e. The van der Waals surface area contributed by atoms with Crippen LogP contribution in [0.4, 0.5) is 11.4 Å². The number of carbonyl (C=O) groups is 1. The Hall–Kier alpha value is -2.50. The molecule has 0 spiro atoms. The zero-order chi connectivity index (χ0) is 17.8. The molecule has 25 heavy (non-hydrogen) atoms. The Balaban J connectivity index is 1.54. The average molecular weight is 342 g/mol. The molecule has 1 aliphatic rings. The predicted molar refractivity (Wildman–Crippen MR) is 99.1 cm³/mol. The number of nitrogens with one attached hydrogen (secondary N) is 2. The fraction of sp³-hybridized carbons (Fsp3) is 0.474. The second-order valence-corrected chi connectivity index (χ2v) is 6.62. The second kappa shape index (κ2) is 7.59. The maximum Gasteiger partial charge on any atom is 0.243 e. The van der Waals surface area contributed by atoms with Crippen LogP contribution in [0.2, 0.25) is 0 Å². The van der Waals surface area contributed by atoms with E-state index in [9.17, 15) is 4.79 Å². The van der Waals surface area contributed by atoms with Crippen LogP contribution in [-0.4, -0.2) is 28.3 Å². The van der Waals surface area contributed by atoms with Gasteiger partial charge in [-0.15, -0.1) is 0 Å². The molecule has 0 bridgehead atoms. The maximum atomic E-state index is 12.2. The summed E-state index contributed by atoms with van der Waals surface area (Å²) in [5.41, 5.74) is 3.43. The van der Waals surface area contributed by atoms with Crippen LogP contribution in [0.15, 0.2) is 24.3 Å². The van der Waals surface area contributed by atoms with Gasteiger partial charge >= 0.3 is 0 Å². The number of nitrogens with zero attached hydrogens (tertiary/aromatic N) is 2. The molecule has 6 heteroatoms. The average Bonchev–Trinajstić information content (AvgIpc) is 3.17. The number of aromatic nitrogens is 2. The Morgan fingerprint density at radius 2 is 2.08 bits per heavy atom. The quantitative estimate of drug-likeness (QED) is 0.844. The third-order valence-corrected chi connectivity index (χ3v) is 4.67. The molecule has 3 rings (SSSR count). The lowest BCUT2D eigenvalue weighted by atomic mass is 10.2. The lowest BCUT2D eigenvalue weighted by molar-refractivity contribution is -0.114. The summed E-state index contributed by atoms with van der Waals surface area (Å²) in [4.78, 5) is 12.2. The zero-order valence-electron chi connectivity index (χ0n) is 15.1. The molecule has 0 unspecified atom stereocenters. The first-order chi connectivity index (χ1) is 12.0. The molecule has 1 amide bonds. The Bertz CT molecular complexity index is 748. The van der Waals surface area contributed by atoms with Gasteiger partial charge in [0.05, 0.1) is 29.7 Å². The molecular weight excluding hydrogens is 316 g/mol. The molecule has 1 aliphatic carbocycles. The Labute approximate surface area is 148 Å². The SMILES string of the molecule is Cc1nn(C)c(C)c1NC(=O)CNc1cccc(OC2CCCC2)c1. The van der Waals surface area contributed by atoms with Crippen LogP contribution >= 0.6 is 0 Å². The van der Waals surface area contributed by atoms with Gasteiger partial charge in [-0.2, -0.15) is 5.10 Å². The van der Waals surface area contributed by atoms with Crippen LogP contribution in [0, 0.1) is 13.8 Å². The zero-order valence-corrected chi connectivity index (χ0v) is 15.1. The molecule has 134 valence electrons. The largest absolute Gasteiger partial charge is 0.490 e. The molecule has 2 aromatic rings. The van der Waals surface area contributed by atoms with E-state index >= 15 is 0 Å². The van der Waals surface area contributed by atoms with Gasteiger partial charge in [-0.3, -0.25) is 9.48 Å². The van der Waals surface area contributed by atoms with Gasteiger partial charge in [-0.25, -0.2) is 0 Å². The van der Waals surface area contributed by atoms with E-state index in [0.29, 0.717) is 6.10 Å². The van der Waals surface area contributed by atoms with Crippen molar-refractivity contribution in [3.8, 4) is 5.75 Å². The van der Waals surface area contributed by atoms with Gasteiger partial charge in [0.1, 0.15) is 5.75 Å². The van der Waals surface area contributed by atoms with Gasteiger partial charge < -0.3 is 15.4 Å². The van der Waals surface area contributed by atoms with Gasteiger partial charge in [-0.1, -0.05) is 6.07 Å². The minimum absolute atomic E-state index is 0.0960. The lowest BCUT2D eigenvalue weighted by Gasteiger charge is -2.14. The van der Waals surface area contributed by atoms with Crippen LogP contribution in [0.5, 0.6) is 5.75 Å². The molecule has 0 atom stereocenters. The number of carbonyl (C=O) groups excluding carboxylic acids is 1. The smallest absolute Gasteiger partial charge is 0.243 e. The molecule has 0 radical (unpaired) electrons. The number of aryl methyl sites for hydroxylation is 2. The second-order valence-electron chi connectivity index (χ2n) is 6.62. The van der Waals surface area contributed by atoms with Crippen molar-refractivity contribution in [3.05, 3.63) is 35.7 Å². The molecule has 1 fully saturated rings. The van der Waals surface area contributed by atoms with E-state index in [2.05, 4.69) is 15.7 Å². The van der Waals surface area contributed by atoms with Gasteiger partial charge in [0, 0.05) is 18.8 Å². The molecule has 0 aliphatic heterocycles. The summed E-state index contributed by atoms with van der Waals surface area (Å²) < 4.78 is 7.77. The number of benzene rings is 1. The van der Waals surface area contributed by atoms with E-state index in [1.807, 2.05) is 45.2 Å². The summed E-state index contributed by atoms with van der Waals surface area (Å²) in [5, 5.41) is 10.4. The molecule has 1 aromatic heterocycles. The van der Waals surface area contributed by atoms with Crippen molar-refractivity contribution in [1.82, 2.24) is 9.78 Å². The highest BCUT2D eigenvalue weighted by Crippen LogP contribution is 2.25. The van der Waals surface area contributed by atoms with Crippen molar-refractivity contribution < 1.29 is 9.53 Å². The monoisotopic (exact) mass is 342 g/mol. The predicted octanol–water partition coefficient (Wildman–Crippen LogP) is 3.41. The van der Waals surface area contributed by atoms with Crippen molar-refractivity contribution in [2.45, 2.75) is 45.6 Å². The van der Waals surface area contributed by atoms with Crippen LogP contribution in [0.3, 0.4) is 0 Å². The molecule has 6 nitrogen and oxygen atoms in total. The van der Waals surface area contributed by atoms with Crippen molar-refractivity contribution in [3.63, 3.8) is 0 Å². The number of rotatable bonds is 6. The van der Waals surface area contributed by atoms with E-state index in [4.69, 9.17) is 4.74 Å². The fourth-order valence-electron chi connectivity index (χ4n) is 3.20. The summed E-state index contributed by atoms with van der Waals surface area (Å²) in [6.07, 6.45) is 5.08.